The number of hydrogen-bond donors (Lipinski definition) is 3. The number of nitrogens with zero attached hydrogens (tertiary/aromatic N) is 3. The van der Waals surface area contributed by atoms with E-state index >= 15 is 0 Å². The fourth-order valence-corrected chi connectivity index (χ4v) is 5.44. The number of aliphatic carboxylic acids is 1. The van der Waals surface area contributed by atoms with Gasteiger partial charge < -0.3 is 25.8 Å². The van der Waals surface area contributed by atoms with Crippen LogP contribution in [0.3, 0.4) is 0 Å². The monoisotopic (exact) mass is 533 g/mol. The number of nitrogens with two attached hydrogens (primary N) is 1. The van der Waals surface area contributed by atoms with Crippen molar-refractivity contribution in [1.29, 1.82) is 0 Å². The second-order valence-electron chi connectivity index (χ2n) is 10.1. The highest BCUT2D eigenvalue weighted by molar-refractivity contribution is 6.10. The molecule has 1 aliphatic heterocycles. The van der Waals surface area contributed by atoms with E-state index in [1.165, 1.54) is 11.6 Å². The Bertz CT molecular complexity index is 1340. The summed E-state index contributed by atoms with van der Waals surface area (Å²) in [6.07, 6.45) is 4.43. The van der Waals surface area contributed by atoms with Crippen LogP contribution < -0.4 is 20.7 Å². The van der Waals surface area contributed by atoms with Gasteiger partial charge in [0.2, 0.25) is 11.8 Å². The number of carboxylic acid groups (broad SMARTS) is 1. The fourth-order valence-electron chi connectivity index (χ4n) is 5.44. The zero-order valence-corrected chi connectivity index (χ0v) is 21.6. The number of anilines is 3. The second-order valence-corrected chi connectivity index (χ2v) is 10.1. The summed E-state index contributed by atoms with van der Waals surface area (Å²) in [6, 6.07) is 14.5. The molecule has 204 valence electrons. The van der Waals surface area contributed by atoms with Crippen LogP contribution in [0.5, 0.6) is 5.88 Å². The highest BCUT2D eigenvalue weighted by atomic mass is 19.1. The van der Waals surface area contributed by atoms with E-state index in [0.717, 1.165) is 31.4 Å². The third kappa shape index (κ3) is 6.10. The Kier molecular flexibility index (Phi) is 7.90. The number of carbonyl (C=O) groups excluding carboxylic acids is 1. The molecule has 2 aliphatic rings. The summed E-state index contributed by atoms with van der Waals surface area (Å²) in [7, 11) is 0. The fraction of sp³-hybridized carbons (Fsp3) is 0.379. The predicted octanol–water partition coefficient (Wildman–Crippen LogP) is 4.64. The van der Waals surface area contributed by atoms with E-state index in [1.54, 1.807) is 23.1 Å². The minimum Gasteiger partial charge on any atom is -0.481 e. The maximum Gasteiger partial charge on any atom is 0.303 e. The lowest BCUT2D eigenvalue weighted by Crippen LogP contribution is -2.32. The van der Waals surface area contributed by atoms with Gasteiger partial charge in [0.25, 0.3) is 5.91 Å². The number of nitrogens with one attached hydrogen (secondary N) is 1. The molecule has 0 atom stereocenters. The van der Waals surface area contributed by atoms with Gasteiger partial charge in [0.15, 0.2) is 0 Å². The van der Waals surface area contributed by atoms with Crippen molar-refractivity contribution in [3.05, 3.63) is 71.0 Å². The topological polar surface area (TPSA) is 131 Å². The van der Waals surface area contributed by atoms with E-state index in [0.29, 0.717) is 31.0 Å². The van der Waals surface area contributed by atoms with Crippen LogP contribution in [0.25, 0.3) is 0 Å². The average Bonchev–Trinajstić information content (AvgIpc) is 3.09. The van der Waals surface area contributed by atoms with E-state index in [9.17, 15) is 14.0 Å². The van der Waals surface area contributed by atoms with Gasteiger partial charge in [-0.3, -0.25) is 9.59 Å². The van der Waals surface area contributed by atoms with Gasteiger partial charge in [-0.05, 0) is 73.3 Å². The first-order valence-corrected chi connectivity index (χ1v) is 13.3. The molecule has 0 spiro atoms. The number of aromatic nitrogens is 2. The Morgan fingerprint density at radius 1 is 1.10 bits per heavy atom. The van der Waals surface area contributed by atoms with Crippen molar-refractivity contribution in [2.75, 3.05) is 35.6 Å². The summed E-state index contributed by atoms with van der Waals surface area (Å²) in [6.45, 7) is 0.941. The normalized spacial score (nSPS) is 19.1. The quantitative estimate of drug-likeness (QED) is 0.382. The molecule has 1 saturated carbocycles. The lowest BCUT2D eigenvalue weighted by molar-refractivity contribution is -0.138. The molecule has 4 N–H and O–H groups in total. The number of carboxylic acids is 1. The number of carbonyl (C=O) groups is 2. The standard InChI is InChI=1S/C29H32FN5O4/c30-23-4-2-1-3-21(23)13-14-32-29-33-26(31)25-27(34-29)39-16-15-35(28(25)38)22-11-9-20(10-12-22)19-7-5-18(6-8-19)17-24(36)37/h1-4,9-12,18-19H,5-8,13-17H2,(H,36,37)(H3,31,32,33,34)/t18-,19-. The van der Waals surface area contributed by atoms with Crippen molar-refractivity contribution in [3.63, 3.8) is 0 Å². The zero-order chi connectivity index (χ0) is 27.4. The van der Waals surface area contributed by atoms with Crippen molar-refractivity contribution < 1.29 is 23.8 Å². The maximum absolute atomic E-state index is 13.9. The number of halogens is 1. The number of rotatable bonds is 8. The first-order chi connectivity index (χ1) is 18.9. The third-order valence-electron chi connectivity index (χ3n) is 7.54. The molecule has 2 heterocycles. The average molecular weight is 534 g/mol. The van der Waals surface area contributed by atoms with Gasteiger partial charge in [0.05, 0.1) is 6.54 Å². The lowest BCUT2D eigenvalue weighted by Gasteiger charge is -2.28. The zero-order valence-electron chi connectivity index (χ0n) is 21.6. The Hall–Kier alpha value is -4.21. The van der Waals surface area contributed by atoms with Crippen molar-refractivity contribution in [2.45, 2.75) is 44.4 Å². The van der Waals surface area contributed by atoms with Crippen LogP contribution >= 0.6 is 0 Å². The summed E-state index contributed by atoms with van der Waals surface area (Å²) >= 11 is 0. The molecular weight excluding hydrogens is 501 g/mol. The van der Waals surface area contributed by atoms with E-state index in [-0.39, 0.29) is 53.9 Å². The van der Waals surface area contributed by atoms with Crippen molar-refractivity contribution in [2.24, 2.45) is 5.92 Å². The Balaban J connectivity index is 1.25. The van der Waals surface area contributed by atoms with Crippen LogP contribution in [0.4, 0.5) is 21.8 Å². The minimum atomic E-state index is -0.728. The molecule has 39 heavy (non-hydrogen) atoms. The number of benzene rings is 2. The molecule has 1 aliphatic carbocycles. The number of amides is 1. The van der Waals surface area contributed by atoms with Gasteiger partial charge in [-0.15, -0.1) is 0 Å². The molecule has 1 fully saturated rings. The van der Waals surface area contributed by atoms with E-state index < -0.39 is 5.97 Å². The number of fused-ring (bicyclic) bond motifs is 1. The molecule has 2 aromatic carbocycles. The second kappa shape index (κ2) is 11.7. The molecule has 10 heteroatoms. The smallest absolute Gasteiger partial charge is 0.303 e. The van der Waals surface area contributed by atoms with Crippen LogP contribution in [0.15, 0.2) is 48.5 Å². The number of hydrogen-bond acceptors (Lipinski definition) is 7. The summed E-state index contributed by atoms with van der Waals surface area (Å²) in [5, 5.41) is 12.1. The van der Waals surface area contributed by atoms with Gasteiger partial charge in [0, 0.05) is 18.7 Å². The van der Waals surface area contributed by atoms with Crippen LogP contribution in [-0.2, 0) is 11.2 Å². The van der Waals surface area contributed by atoms with Crippen LogP contribution in [-0.4, -0.2) is 46.6 Å². The van der Waals surface area contributed by atoms with Gasteiger partial charge >= 0.3 is 5.97 Å². The highest BCUT2D eigenvalue weighted by Crippen LogP contribution is 2.38. The minimum absolute atomic E-state index is 0.0139. The summed E-state index contributed by atoms with van der Waals surface area (Å²) in [5.41, 5.74) is 8.81. The molecule has 1 aromatic heterocycles. The van der Waals surface area contributed by atoms with Gasteiger partial charge in [-0.1, -0.05) is 30.3 Å². The maximum atomic E-state index is 13.9. The molecule has 3 aromatic rings. The van der Waals surface area contributed by atoms with Crippen molar-refractivity contribution >= 4 is 29.3 Å². The highest BCUT2D eigenvalue weighted by Gasteiger charge is 2.30. The molecule has 0 bridgehead atoms. The van der Waals surface area contributed by atoms with Crippen LogP contribution in [0, 0.1) is 11.7 Å². The largest absolute Gasteiger partial charge is 0.481 e. The lowest BCUT2D eigenvalue weighted by atomic mass is 9.77. The van der Waals surface area contributed by atoms with Crippen LogP contribution in [0.1, 0.15) is 59.5 Å². The SMILES string of the molecule is Nc1nc(NCCc2ccccc2F)nc2c1C(=O)N(c1ccc([C@H]3CC[C@H](CC(=O)O)CC3)cc1)CCO2. The Labute approximate surface area is 226 Å². The molecule has 0 saturated heterocycles. The van der Waals surface area contributed by atoms with Crippen molar-refractivity contribution in [3.8, 4) is 5.88 Å². The molecule has 5 rings (SSSR count). The third-order valence-corrected chi connectivity index (χ3v) is 7.54. The van der Waals surface area contributed by atoms with Gasteiger partial charge in [-0.25, -0.2) is 4.39 Å². The number of ether oxygens (including phenoxy) is 1. The molecular formula is C29H32FN5O4. The molecule has 0 unspecified atom stereocenters. The molecule has 9 nitrogen and oxygen atoms in total. The Morgan fingerprint density at radius 2 is 1.85 bits per heavy atom. The van der Waals surface area contributed by atoms with Gasteiger partial charge in [-0.2, -0.15) is 9.97 Å². The molecule has 1 amide bonds. The first kappa shape index (κ1) is 26.4. The van der Waals surface area contributed by atoms with E-state index in [4.69, 9.17) is 15.6 Å². The Morgan fingerprint density at radius 3 is 2.56 bits per heavy atom. The predicted molar refractivity (Wildman–Crippen MR) is 146 cm³/mol. The summed E-state index contributed by atoms with van der Waals surface area (Å²) in [4.78, 5) is 34.7. The van der Waals surface area contributed by atoms with Crippen molar-refractivity contribution in [1.82, 2.24) is 9.97 Å². The summed E-state index contributed by atoms with van der Waals surface area (Å²) in [5.74, 6) is -0.339. The summed E-state index contributed by atoms with van der Waals surface area (Å²) < 4.78 is 19.7. The van der Waals surface area contributed by atoms with Crippen LogP contribution in [0.2, 0.25) is 0 Å². The van der Waals surface area contributed by atoms with E-state index in [1.807, 2.05) is 24.3 Å². The number of nitrogen functional groups attached to an aromatic ring is 1. The van der Waals surface area contributed by atoms with Gasteiger partial charge in [0.1, 0.15) is 23.8 Å². The molecule has 0 radical (unpaired) electrons. The first-order valence-electron chi connectivity index (χ1n) is 13.3. The van der Waals surface area contributed by atoms with E-state index in [2.05, 4.69) is 15.3 Å².